The molecule has 0 aliphatic rings. The fourth-order valence-corrected chi connectivity index (χ4v) is 1.37. The molecule has 0 aliphatic heterocycles. The van der Waals surface area contributed by atoms with Crippen LogP contribution < -0.4 is 0 Å². The number of aliphatic carboxylic acids is 1. The molecule has 0 amide bonds. The first-order chi connectivity index (χ1) is 7.13. The number of hydrogen-bond donors (Lipinski definition) is 1. The van der Waals surface area contributed by atoms with Gasteiger partial charge in [0.1, 0.15) is 13.7 Å². The molecule has 1 rings (SSSR count). The highest BCUT2D eigenvalue weighted by Gasteiger charge is 2.11. The summed E-state index contributed by atoms with van der Waals surface area (Å²) in [5.41, 5.74) is 0. The third-order valence-electron chi connectivity index (χ3n) is 1.26. The predicted molar refractivity (Wildman–Crippen MR) is 47.6 cm³/mol. The second-order valence-corrected chi connectivity index (χ2v) is 3.26. The van der Waals surface area contributed by atoms with Crippen LogP contribution in [0.3, 0.4) is 0 Å². The molecule has 15 heavy (non-hydrogen) atoms. The summed E-state index contributed by atoms with van der Waals surface area (Å²) in [5.74, 6) is -1.63. The summed E-state index contributed by atoms with van der Waals surface area (Å²) >= 11 is 0.977. The number of aromatic nitrogens is 4. The number of ether oxygens (including phenoxy) is 1. The topological polar surface area (TPSA) is 107 Å². The number of hydrogen-bond acceptors (Lipinski definition) is 7. The summed E-state index contributed by atoms with van der Waals surface area (Å²) in [5, 5.41) is 19.0. The standard InChI is InChI=1S/C6H7N4O4S/c1-14-5(13)3-15-6-7-8-9-10(6)2-4(11)12/h1-3H2,(H,11,12). The van der Waals surface area contributed by atoms with Gasteiger partial charge < -0.3 is 9.84 Å². The van der Waals surface area contributed by atoms with Crippen molar-refractivity contribution in [3.63, 3.8) is 0 Å². The number of carbonyl (C=O) groups excluding carboxylic acids is 1. The Kier molecular flexibility index (Phi) is 4.03. The Labute approximate surface area is 88.6 Å². The van der Waals surface area contributed by atoms with E-state index in [2.05, 4.69) is 27.4 Å². The average molecular weight is 231 g/mol. The number of rotatable bonds is 5. The van der Waals surface area contributed by atoms with Crippen LogP contribution in [0, 0.1) is 7.11 Å². The van der Waals surface area contributed by atoms with Crippen LogP contribution in [0.2, 0.25) is 0 Å². The van der Waals surface area contributed by atoms with Crippen LogP contribution in [0.4, 0.5) is 0 Å². The van der Waals surface area contributed by atoms with Gasteiger partial charge in [-0.15, -0.1) is 5.10 Å². The maximum Gasteiger partial charge on any atom is 0.325 e. The quantitative estimate of drug-likeness (QED) is 0.517. The van der Waals surface area contributed by atoms with Crippen LogP contribution in [-0.4, -0.2) is 43.0 Å². The Bertz CT molecular complexity index is 366. The molecule has 0 atom stereocenters. The van der Waals surface area contributed by atoms with E-state index in [1.165, 1.54) is 0 Å². The van der Waals surface area contributed by atoms with Crippen LogP contribution in [0.25, 0.3) is 0 Å². The molecule has 8 nitrogen and oxygen atoms in total. The highest BCUT2D eigenvalue weighted by atomic mass is 32.2. The molecule has 0 aliphatic carbocycles. The molecule has 0 spiro atoms. The largest absolute Gasteiger partial charge is 0.480 e. The molecular weight excluding hydrogens is 224 g/mol. The average Bonchev–Trinajstić information content (AvgIpc) is 2.61. The number of tetrazole rings is 1. The van der Waals surface area contributed by atoms with Gasteiger partial charge in [0.05, 0.1) is 5.75 Å². The molecule has 1 radical (unpaired) electrons. The minimum absolute atomic E-state index is 0.0243. The molecule has 0 aromatic carbocycles. The maximum absolute atomic E-state index is 10.7. The lowest BCUT2D eigenvalue weighted by Crippen LogP contribution is -2.12. The lowest BCUT2D eigenvalue weighted by molar-refractivity contribution is -0.138. The summed E-state index contributed by atoms with van der Waals surface area (Å²) in [6.45, 7) is -0.352. The van der Waals surface area contributed by atoms with Crippen molar-refractivity contribution in [1.29, 1.82) is 0 Å². The molecule has 1 N–H and O–H groups in total. The van der Waals surface area contributed by atoms with Gasteiger partial charge in [-0.3, -0.25) is 9.59 Å². The summed E-state index contributed by atoms with van der Waals surface area (Å²) in [4.78, 5) is 21.1. The SMILES string of the molecule is [CH2]OC(=O)CSc1nnnn1CC(=O)O. The molecule has 1 aromatic heterocycles. The van der Waals surface area contributed by atoms with Crippen molar-refractivity contribution in [2.24, 2.45) is 0 Å². The van der Waals surface area contributed by atoms with E-state index in [0.717, 1.165) is 16.4 Å². The number of esters is 1. The Morgan fingerprint density at radius 3 is 2.93 bits per heavy atom. The van der Waals surface area contributed by atoms with Crippen molar-refractivity contribution in [2.75, 3.05) is 5.75 Å². The van der Waals surface area contributed by atoms with Gasteiger partial charge in [0.15, 0.2) is 0 Å². The van der Waals surface area contributed by atoms with Crippen LogP contribution in [0.15, 0.2) is 5.16 Å². The van der Waals surface area contributed by atoms with Gasteiger partial charge in [-0.2, -0.15) is 0 Å². The summed E-state index contributed by atoms with van der Waals surface area (Å²) in [6.07, 6.45) is 0. The molecule has 0 bridgehead atoms. The summed E-state index contributed by atoms with van der Waals surface area (Å²) in [7, 11) is 2.94. The number of carboxylic acids is 1. The lowest BCUT2D eigenvalue weighted by atomic mass is 10.7. The minimum Gasteiger partial charge on any atom is -0.480 e. The minimum atomic E-state index is -1.07. The lowest BCUT2D eigenvalue weighted by Gasteiger charge is -1.99. The number of carboxylic acid groups (broad SMARTS) is 1. The zero-order valence-corrected chi connectivity index (χ0v) is 8.31. The molecule has 0 unspecified atom stereocenters. The molecule has 0 saturated heterocycles. The Morgan fingerprint density at radius 1 is 1.60 bits per heavy atom. The van der Waals surface area contributed by atoms with Gasteiger partial charge in [0.2, 0.25) is 5.16 Å². The van der Waals surface area contributed by atoms with Crippen molar-refractivity contribution in [3.8, 4) is 0 Å². The van der Waals surface area contributed by atoms with E-state index >= 15 is 0 Å². The second-order valence-electron chi connectivity index (χ2n) is 2.32. The zero-order valence-electron chi connectivity index (χ0n) is 7.49. The fraction of sp³-hybridized carbons (Fsp3) is 0.333. The van der Waals surface area contributed by atoms with Crippen molar-refractivity contribution in [2.45, 2.75) is 11.7 Å². The molecule has 1 heterocycles. The van der Waals surface area contributed by atoms with E-state index in [-0.39, 0.29) is 17.5 Å². The van der Waals surface area contributed by atoms with E-state index < -0.39 is 11.9 Å². The van der Waals surface area contributed by atoms with E-state index in [1.807, 2.05) is 0 Å². The highest BCUT2D eigenvalue weighted by molar-refractivity contribution is 7.99. The monoisotopic (exact) mass is 231 g/mol. The first-order valence-corrected chi connectivity index (χ1v) is 4.67. The predicted octanol–water partition coefficient (Wildman–Crippen LogP) is -0.815. The van der Waals surface area contributed by atoms with Crippen molar-refractivity contribution < 1.29 is 19.4 Å². The van der Waals surface area contributed by atoms with Gasteiger partial charge >= 0.3 is 11.9 Å². The normalized spacial score (nSPS) is 9.93. The second kappa shape index (κ2) is 5.29. The Balaban J connectivity index is 2.57. The van der Waals surface area contributed by atoms with Crippen LogP contribution in [-0.2, 0) is 20.9 Å². The number of thioether (sulfide) groups is 1. The van der Waals surface area contributed by atoms with Gasteiger partial charge in [0, 0.05) is 0 Å². The van der Waals surface area contributed by atoms with Crippen molar-refractivity contribution in [3.05, 3.63) is 7.11 Å². The summed E-state index contributed by atoms with van der Waals surface area (Å²) < 4.78 is 5.24. The van der Waals surface area contributed by atoms with E-state index in [4.69, 9.17) is 5.11 Å². The van der Waals surface area contributed by atoms with Crippen LogP contribution in [0.5, 0.6) is 0 Å². The third kappa shape index (κ3) is 3.54. The van der Waals surface area contributed by atoms with Gasteiger partial charge in [-0.1, -0.05) is 11.8 Å². The van der Waals surface area contributed by atoms with Crippen molar-refractivity contribution in [1.82, 2.24) is 20.2 Å². The van der Waals surface area contributed by atoms with Crippen LogP contribution in [0.1, 0.15) is 0 Å². The van der Waals surface area contributed by atoms with Crippen molar-refractivity contribution >= 4 is 23.7 Å². The smallest absolute Gasteiger partial charge is 0.325 e. The number of carbonyl (C=O) groups is 2. The Hall–Kier alpha value is -1.64. The van der Waals surface area contributed by atoms with Gasteiger partial charge in [0.25, 0.3) is 0 Å². The van der Waals surface area contributed by atoms with Gasteiger partial charge in [-0.05, 0) is 10.4 Å². The zero-order chi connectivity index (χ0) is 11.3. The molecule has 0 fully saturated rings. The third-order valence-corrected chi connectivity index (χ3v) is 2.19. The summed E-state index contributed by atoms with van der Waals surface area (Å²) in [6, 6.07) is 0. The molecule has 1 aromatic rings. The molecule has 9 heteroatoms. The molecule has 0 saturated carbocycles. The van der Waals surface area contributed by atoms with E-state index in [9.17, 15) is 9.59 Å². The fourth-order valence-electron chi connectivity index (χ4n) is 0.692. The Morgan fingerprint density at radius 2 is 2.33 bits per heavy atom. The first kappa shape index (κ1) is 11.4. The highest BCUT2D eigenvalue weighted by Crippen LogP contribution is 2.13. The first-order valence-electron chi connectivity index (χ1n) is 3.69. The maximum atomic E-state index is 10.7. The molecule has 81 valence electrons. The van der Waals surface area contributed by atoms with Gasteiger partial charge in [-0.25, -0.2) is 4.68 Å². The number of nitrogens with zero attached hydrogens (tertiary/aromatic N) is 4. The molecular formula is C6H7N4O4S. The van der Waals surface area contributed by atoms with E-state index in [1.54, 1.807) is 0 Å². The van der Waals surface area contributed by atoms with Crippen LogP contribution >= 0.6 is 11.8 Å². The van der Waals surface area contributed by atoms with E-state index in [0.29, 0.717) is 0 Å².